The molecule has 116 valence electrons. The molecule has 0 aliphatic carbocycles. The van der Waals surface area contributed by atoms with Gasteiger partial charge in [-0.15, -0.1) is 0 Å². The lowest BCUT2D eigenvalue weighted by molar-refractivity contribution is -0.146. The maximum Gasteiger partial charge on any atom is 0.324 e. The van der Waals surface area contributed by atoms with Crippen LogP contribution in [0.15, 0.2) is 23.1 Å². The van der Waals surface area contributed by atoms with Crippen LogP contribution < -0.4 is 0 Å². The Bertz CT molecular complexity index is 644. The largest absolute Gasteiger partial charge is 0.468 e. The molecule has 1 aliphatic rings. The van der Waals surface area contributed by atoms with Crippen LogP contribution in [0, 0.1) is 6.92 Å². The number of aryl methyl sites for hydroxylation is 1. The van der Waals surface area contributed by atoms with E-state index in [2.05, 4.69) is 0 Å². The molecule has 7 heteroatoms. The van der Waals surface area contributed by atoms with Crippen LogP contribution in [-0.4, -0.2) is 38.4 Å². The average molecular weight is 332 g/mol. The molecule has 1 aromatic rings. The number of halogens is 1. The Morgan fingerprint density at radius 1 is 1.38 bits per heavy atom. The van der Waals surface area contributed by atoms with Gasteiger partial charge in [-0.25, -0.2) is 8.42 Å². The third-order valence-corrected chi connectivity index (χ3v) is 5.95. The van der Waals surface area contributed by atoms with E-state index in [1.807, 2.05) is 0 Å². The topological polar surface area (TPSA) is 63.7 Å². The maximum absolute atomic E-state index is 12.8. The normalized spacial score (nSPS) is 20.2. The van der Waals surface area contributed by atoms with E-state index < -0.39 is 22.0 Å². The SMILES string of the molecule is COC(=O)C1CCCCN1S(=O)(=O)c1ccc(Cl)cc1C. The Morgan fingerprint density at radius 2 is 2.10 bits per heavy atom. The van der Waals surface area contributed by atoms with Crippen LogP contribution in [0.3, 0.4) is 0 Å². The first-order valence-corrected chi connectivity index (χ1v) is 8.55. The number of carbonyl (C=O) groups excluding carboxylic acids is 1. The number of nitrogens with zero attached hydrogens (tertiary/aromatic N) is 1. The number of carbonyl (C=O) groups is 1. The third kappa shape index (κ3) is 3.22. The zero-order valence-electron chi connectivity index (χ0n) is 12.0. The van der Waals surface area contributed by atoms with Crippen LogP contribution in [0.4, 0.5) is 0 Å². The fourth-order valence-electron chi connectivity index (χ4n) is 2.59. The molecule has 1 fully saturated rings. The van der Waals surface area contributed by atoms with Crippen molar-refractivity contribution in [3.8, 4) is 0 Å². The lowest BCUT2D eigenvalue weighted by Crippen LogP contribution is -2.48. The van der Waals surface area contributed by atoms with Crippen LogP contribution in [0.2, 0.25) is 5.02 Å². The first-order chi connectivity index (χ1) is 9.87. The highest BCUT2D eigenvalue weighted by atomic mass is 35.5. The lowest BCUT2D eigenvalue weighted by atomic mass is 10.1. The highest BCUT2D eigenvalue weighted by Gasteiger charge is 2.38. The Morgan fingerprint density at radius 3 is 2.71 bits per heavy atom. The van der Waals surface area contributed by atoms with Crippen molar-refractivity contribution in [2.24, 2.45) is 0 Å². The molecule has 1 saturated heterocycles. The summed E-state index contributed by atoms with van der Waals surface area (Å²) in [5.74, 6) is -0.509. The van der Waals surface area contributed by atoms with E-state index in [9.17, 15) is 13.2 Å². The standard InChI is InChI=1S/C14H18ClNO4S/c1-10-9-11(15)6-7-13(10)21(18,19)16-8-4-3-5-12(16)14(17)20-2/h6-7,9,12H,3-5,8H2,1-2H3. The van der Waals surface area contributed by atoms with E-state index in [1.54, 1.807) is 19.1 Å². The van der Waals surface area contributed by atoms with Gasteiger partial charge in [0.25, 0.3) is 0 Å². The molecule has 1 heterocycles. The van der Waals surface area contributed by atoms with Gasteiger partial charge < -0.3 is 4.74 Å². The van der Waals surface area contributed by atoms with Crippen LogP contribution >= 0.6 is 11.6 Å². The molecule has 1 atom stereocenters. The molecule has 5 nitrogen and oxygen atoms in total. The Hall–Kier alpha value is -1.11. The van der Waals surface area contributed by atoms with Gasteiger partial charge in [-0.3, -0.25) is 4.79 Å². The summed E-state index contributed by atoms with van der Waals surface area (Å²) in [6, 6.07) is 3.88. The van der Waals surface area contributed by atoms with E-state index in [1.165, 1.54) is 17.5 Å². The van der Waals surface area contributed by atoms with Crippen LogP contribution in [0.1, 0.15) is 24.8 Å². The number of sulfonamides is 1. The van der Waals surface area contributed by atoms with E-state index >= 15 is 0 Å². The first-order valence-electron chi connectivity index (χ1n) is 6.73. The molecule has 0 amide bonds. The Kier molecular flexibility index (Phi) is 4.91. The van der Waals surface area contributed by atoms with Crippen LogP contribution in [0.5, 0.6) is 0 Å². The minimum atomic E-state index is -3.74. The molecule has 1 aliphatic heterocycles. The number of rotatable bonds is 3. The fourth-order valence-corrected chi connectivity index (χ4v) is 4.67. The fraction of sp³-hybridized carbons (Fsp3) is 0.500. The average Bonchev–Trinajstić information content (AvgIpc) is 2.46. The molecule has 0 N–H and O–H groups in total. The number of benzene rings is 1. The van der Waals surface area contributed by atoms with Gasteiger partial charge in [0.15, 0.2) is 0 Å². The molecule has 2 rings (SSSR count). The summed E-state index contributed by atoms with van der Waals surface area (Å²) < 4.78 is 31.6. The molecule has 0 spiro atoms. The molecule has 0 radical (unpaired) electrons. The molecular weight excluding hydrogens is 314 g/mol. The molecule has 0 aromatic heterocycles. The van der Waals surface area contributed by atoms with Gasteiger partial charge in [-0.05, 0) is 49.9 Å². The van der Waals surface area contributed by atoms with Crippen molar-refractivity contribution in [1.82, 2.24) is 4.31 Å². The van der Waals surface area contributed by atoms with Crippen LogP contribution in [-0.2, 0) is 19.6 Å². The van der Waals surface area contributed by atoms with Crippen molar-refractivity contribution in [3.05, 3.63) is 28.8 Å². The minimum absolute atomic E-state index is 0.183. The zero-order chi connectivity index (χ0) is 15.6. The lowest BCUT2D eigenvalue weighted by Gasteiger charge is -2.33. The first kappa shape index (κ1) is 16.3. The molecule has 0 saturated carbocycles. The van der Waals surface area contributed by atoms with Gasteiger partial charge in [0.05, 0.1) is 12.0 Å². The van der Waals surface area contributed by atoms with Crippen molar-refractivity contribution in [2.45, 2.75) is 37.1 Å². The van der Waals surface area contributed by atoms with Crippen molar-refractivity contribution in [3.63, 3.8) is 0 Å². The Balaban J connectivity index is 2.43. The number of hydrogen-bond donors (Lipinski definition) is 0. The van der Waals surface area contributed by atoms with Crippen molar-refractivity contribution >= 4 is 27.6 Å². The molecule has 1 aromatic carbocycles. The van der Waals surface area contributed by atoms with Crippen molar-refractivity contribution < 1.29 is 17.9 Å². The van der Waals surface area contributed by atoms with Gasteiger partial charge >= 0.3 is 5.97 Å². The van der Waals surface area contributed by atoms with Crippen LogP contribution in [0.25, 0.3) is 0 Å². The highest BCUT2D eigenvalue weighted by molar-refractivity contribution is 7.89. The van der Waals surface area contributed by atoms with Gasteiger partial charge in [0.1, 0.15) is 6.04 Å². The summed E-state index contributed by atoms with van der Waals surface area (Å²) in [4.78, 5) is 12.0. The number of ether oxygens (including phenoxy) is 1. The summed E-state index contributed by atoms with van der Waals surface area (Å²) in [5, 5.41) is 0.481. The smallest absolute Gasteiger partial charge is 0.324 e. The second-order valence-corrected chi connectivity index (χ2v) is 7.36. The Labute approximate surface area is 129 Å². The monoisotopic (exact) mass is 331 g/mol. The van der Waals surface area contributed by atoms with Gasteiger partial charge in [0, 0.05) is 11.6 Å². The minimum Gasteiger partial charge on any atom is -0.468 e. The molecule has 1 unspecified atom stereocenters. The highest BCUT2D eigenvalue weighted by Crippen LogP contribution is 2.28. The van der Waals surface area contributed by atoms with Crippen molar-refractivity contribution in [1.29, 1.82) is 0 Å². The number of hydrogen-bond acceptors (Lipinski definition) is 4. The summed E-state index contributed by atoms with van der Waals surface area (Å²) in [6.07, 6.45) is 2.03. The van der Waals surface area contributed by atoms with Crippen molar-refractivity contribution in [2.75, 3.05) is 13.7 Å². The predicted octanol–water partition coefficient (Wildman–Crippen LogP) is 2.36. The third-order valence-electron chi connectivity index (χ3n) is 3.65. The summed E-state index contributed by atoms with van der Waals surface area (Å²) in [6.45, 7) is 2.01. The number of esters is 1. The molecule has 0 bridgehead atoms. The van der Waals surface area contributed by atoms with E-state index in [0.717, 1.165) is 12.8 Å². The summed E-state index contributed by atoms with van der Waals surface area (Å²) in [5.41, 5.74) is 0.566. The molecule has 21 heavy (non-hydrogen) atoms. The van der Waals surface area contributed by atoms with Gasteiger partial charge in [-0.2, -0.15) is 4.31 Å². The quantitative estimate of drug-likeness (QED) is 0.798. The van der Waals surface area contributed by atoms with E-state index in [0.29, 0.717) is 23.6 Å². The summed E-state index contributed by atoms with van der Waals surface area (Å²) in [7, 11) is -2.47. The van der Waals surface area contributed by atoms with E-state index in [-0.39, 0.29) is 4.90 Å². The van der Waals surface area contributed by atoms with Gasteiger partial charge in [0.2, 0.25) is 10.0 Å². The predicted molar refractivity (Wildman–Crippen MR) is 79.7 cm³/mol. The zero-order valence-corrected chi connectivity index (χ0v) is 13.6. The second kappa shape index (κ2) is 6.34. The molecular formula is C14H18ClNO4S. The summed E-state index contributed by atoms with van der Waals surface area (Å²) >= 11 is 5.87. The number of methoxy groups -OCH3 is 1. The van der Waals surface area contributed by atoms with Gasteiger partial charge in [-0.1, -0.05) is 11.6 Å². The van der Waals surface area contributed by atoms with E-state index in [4.69, 9.17) is 16.3 Å². The number of piperidine rings is 1. The second-order valence-electron chi connectivity index (χ2n) is 5.06. The maximum atomic E-state index is 12.8.